The Morgan fingerprint density at radius 3 is 2.93 bits per heavy atom. The second-order valence-corrected chi connectivity index (χ2v) is 3.95. The summed E-state index contributed by atoms with van der Waals surface area (Å²) in [5, 5.41) is 11.3. The molecule has 0 aliphatic heterocycles. The van der Waals surface area contributed by atoms with Crippen molar-refractivity contribution in [3.63, 3.8) is 0 Å². The Kier molecular flexibility index (Phi) is 2.64. The van der Waals surface area contributed by atoms with Gasteiger partial charge >= 0.3 is 0 Å². The van der Waals surface area contributed by atoms with E-state index in [9.17, 15) is 0 Å². The van der Waals surface area contributed by atoms with Crippen molar-refractivity contribution in [3.8, 4) is 11.4 Å². The molecule has 1 aromatic heterocycles. The molecule has 1 aromatic carbocycles. The van der Waals surface area contributed by atoms with E-state index in [1.165, 1.54) is 10.2 Å². The van der Waals surface area contributed by atoms with Gasteiger partial charge in [0.25, 0.3) is 0 Å². The van der Waals surface area contributed by atoms with E-state index in [0.717, 1.165) is 10.0 Å². The first-order valence-corrected chi connectivity index (χ1v) is 5.18. The van der Waals surface area contributed by atoms with Crippen LogP contribution >= 0.6 is 15.9 Å². The van der Waals surface area contributed by atoms with Crippen LogP contribution in [0.4, 0.5) is 0 Å². The zero-order chi connectivity index (χ0) is 10.8. The number of tetrazole rings is 1. The Balaban J connectivity index is 2.54. The highest BCUT2D eigenvalue weighted by Gasteiger charge is 2.07. The van der Waals surface area contributed by atoms with Gasteiger partial charge in [0.2, 0.25) is 0 Å². The molecule has 0 amide bonds. The fourth-order valence-electron chi connectivity index (χ4n) is 1.24. The van der Waals surface area contributed by atoms with Crippen LogP contribution in [0.5, 0.6) is 0 Å². The molecule has 4 nitrogen and oxygen atoms in total. The molecule has 0 unspecified atom stereocenters. The van der Waals surface area contributed by atoms with Crippen LogP contribution in [0.1, 0.15) is 5.56 Å². The van der Waals surface area contributed by atoms with Crippen LogP contribution in [0.3, 0.4) is 0 Å². The number of hydrogen-bond donors (Lipinski definition) is 0. The first-order chi connectivity index (χ1) is 7.22. The van der Waals surface area contributed by atoms with E-state index in [1.807, 2.05) is 25.1 Å². The third kappa shape index (κ3) is 1.83. The first-order valence-electron chi connectivity index (χ1n) is 4.39. The molecule has 2 rings (SSSR count). The summed E-state index contributed by atoms with van der Waals surface area (Å²) >= 11 is 3.47. The Hall–Kier alpha value is -1.49. The first kappa shape index (κ1) is 10.0. The van der Waals surface area contributed by atoms with Crippen molar-refractivity contribution in [2.75, 3.05) is 0 Å². The lowest BCUT2D eigenvalue weighted by Crippen LogP contribution is -1.93. The molecular weight excluding hydrogens is 256 g/mol. The van der Waals surface area contributed by atoms with Gasteiger partial charge in [0.05, 0.1) is 0 Å². The summed E-state index contributed by atoms with van der Waals surface area (Å²) < 4.78 is 2.58. The molecule has 76 valence electrons. The zero-order valence-corrected chi connectivity index (χ0v) is 9.77. The van der Waals surface area contributed by atoms with Crippen molar-refractivity contribution < 1.29 is 0 Å². The summed E-state index contributed by atoms with van der Waals surface area (Å²) in [6.07, 6.45) is 1.57. The van der Waals surface area contributed by atoms with Gasteiger partial charge in [-0.3, -0.25) is 0 Å². The summed E-state index contributed by atoms with van der Waals surface area (Å²) in [6, 6.07) is 5.98. The average Bonchev–Trinajstić information content (AvgIpc) is 2.70. The maximum Gasteiger partial charge on any atom is 0.186 e. The van der Waals surface area contributed by atoms with Crippen LogP contribution in [0, 0.1) is 6.92 Å². The lowest BCUT2D eigenvalue weighted by atomic mass is 10.1. The molecule has 0 saturated heterocycles. The Labute approximate surface area is 95.7 Å². The molecule has 0 radical (unpaired) electrons. The van der Waals surface area contributed by atoms with E-state index in [-0.39, 0.29) is 0 Å². The van der Waals surface area contributed by atoms with Gasteiger partial charge < -0.3 is 0 Å². The van der Waals surface area contributed by atoms with Crippen LogP contribution in [0.25, 0.3) is 17.6 Å². The smallest absolute Gasteiger partial charge is 0.186 e. The largest absolute Gasteiger partial charge is 0.201 e. The van der Waals surface area contributed by atoms with Gasteiger partial charge in [0.15, 0.2) is 5.82 Å². The van der Waals surface area contributed by atoms with E-state index in [2.05, 4.69) is 38.0 Å². The standard InChI is InChI=1S/C10H9BrN4/c1-3-15-10(12-13-14-15)8-5-4-7(2)9(11)6-8/h3-6H,1H2,2H3. The molecule has 0 saturated carbocycles. The van der Waals surface area contributed by atoms with Gasteiger partial charge in [-0.25, -0.2) is 4.68 Å². The maximum atomic E-state index is 3.94. The van der Waals surface area contributed by atoms with Crippen LogP contribution in [0.2, 0.25) is 0 Å². The van der Waals surface area contributed by atoms with Crippen LogP contribution in [0.15, 0.2) is 29.3 Å². The van der Waals surface area contributed by atoms with Gasteiger partial charge in [0, 0.05) is 16.2 Å². The number of benzene rings is 1. The van der Waals surface area contributed by atoms with Crippen LogP contribution < -0.4 is 0 Å². The topological polar surface area (TPSA) is 43.6 Å². The molecule has 15 heavy (non-hydrogen) atoms. The van der Waals surface area contributed by atoms with Crippen LogP contribution in [-0.4, -0.2) is 20.2 Å². The lowest BCUT2D eigenvalue weighted by molar-refractivity contribution is 0.820. The van der Waals surface area contributed by atoms with Crippen LogP contribution in [-0.2, 0) is 0 Å². The molecule has 0 atom stereocenters. The number of rotatable bonds is 2. The molecule has 0 N–H and O–H groups in total. The minimum absolute atomic E-state index is 0.686. The fourth-order valence-corrected chi connectivity index (χ4v) is 1.62. The summed E-state index contributed by atoms with van der Waals surface area (Å²) in [5.74, 6) is 0.686. The predicted octanol–water partition coefficient (Wildman–Crippen LogP) is 2.51. The van der Waals surface area contributed by atoms with Gasteiger partial charge in [0.1, 0.15) is 0 Å². The third-order valence-corrected chi connectivity index (χ3v) is 2.95. The van der Waals surface area contributed by atoms with Crippen molar-refractivity contribution in [2.45, 2.75) is 6.92 Å². The average molecular weight is 265 g/mol. The van der Waals surface area contributed by atoms with E-state index in [0.29, 0.717) is 5.82 Å². The monoisotopic (exact) mass is 264 g/mol. The fraction of sp³-hybridized carbons (Fsp3) is 0.100. The Morgan fingerprint density at radius 2 is 2.27 bits per heavy atom. The normalized spacial score (nSPS) is 10.3. The van der Waals surface area contributed by atoms with Crippen molar-refractivity contribution >= 4 is 22.1 Å². The number of halogens is 1. The molecule has 0 bridgehead atoms. The number of aromatic nitrogens is 4. The maximum absolute atomic E-state index is 3.94. The highest BCUT2D eigenvalue weighted by atomic mass is 79.9. The summed E-state index contributed by atoms with van der Waals surface area (Å²) in [5.41, 5.74) is 2.13. The third-order valence-electron chi connectivity index (χ3n) is 2.10. The molecule has 0 aliphatic rings. The molecular formula is C10H9BrN4. The second-order valence-electron chi connectivity index (χ2n) is 3.09. The summed E-state index contributed by atoms with van der Waals surface area (Å²) in [7, 11) is 0. The molecule has 1 heterocycles. The SMILES string of the molecule is C=Cn1nnnc1-c1ccc(C)c(Br)c1. The van der Waals surface area contributed by atoms with Crippen molar-refractivity contribution in [3.05, 3.63) is 34.8 Å². The van der Waals surface area contributed by atoms with E-state index < -0.39 is 0 Å². The predicted molar refractivity (Wildman–Crippen MR) is 62.1 cm³/mol. The minimum Gasteiger partial charge on any atom is -0.201 e. The van der Waals surface area contributed by atoms with Crippen molar-refractivity contribution in [1.29, 1.82) is 0 Å². The summed E-state index contributed by atoms with van der Waals surface area (Å²) in [4.78, 5) is 0. The second kappa shape index (κ2) is 3.94. The van der Waals surface area contributed by atoms with Gasteiger partial charge in [-0.1, -0.05) is 34.6 Å². The van der Waals surface area contributed by atoms with E-state index in [1.54, 1.807) is 6.20 Å². The van der Waals surface area contributed by atoms with E-state index in [4.69, 9.17) is 0 Å². The molecule has 0 aliphatic carbocycles. The highest BCUT2D eigenvalue weighted by molar-refractivity contribution is 9.10. The van der Waals surface area contributed by atoms with Gasteiger partial charge in [-0.15, -0.1) is 5.10 Å². The molecule has 5 heteroatoms. The quantitative estimate of drug-likeness (QED) is 0.837. The zero-order valence-electron chi connectivity index (χ0n) is 8.18. The lowest BCUT2D eigenvalue weighted by Gasteiger charge is -2.02. The molecule has 0 spiro atoms. The number of nitrogens with zero attached hydrogens (tertiary/aromatic N) is 4. The molecule has 0 fully saturated rings. The van der Waals surface area contributed by atoms with Gasteiger partial charge in [-0.05, 0) is 29.0 Å². The number of aryl methyl sites for hydroxylation is 1. The number of hydrogen-bond acceptors (Lipinski definition) is 3. The molecule has 2 aromatic rings. The summed E-state index contributed by atoms with van der Waals surface area (Å²) in [6.45, 7) is 5.67. The Morgan fingerprint density at radius 1 is 1.47 bits per heavy atom. The van der Waals surface area contributed by atoms with Crippen molar-refractivity contribution in [1.82, 2.24) is 20.2 Å². The minimum atomic E-state index is 0.686. The van der Waals surface area contributed by atoms with E-state index >= 15 is 0 Å². The Bertz CT molecular complexity index is 504. The highest BCUT2D eigenvalue weighted by Crippen LogP contribution is 2.23. The van der Waals surface area contributed by atoms with Crippen molar-refractivity contribution in [2.24, 2.45) is 0 Å². The van der Waals surface area contributed by atoms with Gasteiger partial charge in [-0.2, -0.15) is 0 Å².